The summed E-state index contributed by atoms with van der Waals surface area (Å²) in [5, 5.41) is 8.13. The molecule has 5 heterocycles. The average molecular weight is 1010 g/mol. The molecule has 3 aliphatic heterocycles. The summed E-state index contributed by atoms with van der Waals surface area (Å²) in [7, 11) is 0. The Balaban J connectivity index is 1.13. The molecular formula is C71H72BN3S. The van der Waals surface area contributed by atoms with Crippen molar-refractivity contribution >= 4 is 105 Å². The first-order chi connectivity index (χ1) is 36.5. The van der Waals surface area contributed by atoms with E-state index in [0.29, 0.717) is 0 Å². The highest BCUT2D eigenvalue weighted by Crippen LogP contribution is 2.63. The van der Waals surface area contributed by atoms with Crippen LogP contribution in [0.1, 0.15) is 155 Å². The maximum Gasteiger partial charge on any atom is 0.333 e. The molecule has 2 aliphatic carbocycles. The van der Waals surface area contributed by atoms with Gasteiger partial charge in [0.15, 0.2) is 0 Å². The number of aromatic nitrogens is 1. The Morgan fingerprint density at radius 1 is 0.566 bits per heavy atom. The van der Waals surface area contributed by atoms with Gasteiger partial charge in [0.25, 0.3) is 0 Å². The summed E-state index contributed by atoms with van der Waals surface area (Å²) >= 11 is 2.01. The first-order valence-electron chi connectivity index (χ1n) is 29.0. The molecule has 1 fully saturated rings. The maximum atomic E-state index is 2.89. The van der Waals surface area contributed by atoms with Crippen LogP contribution in [0, 0.1) is 0 Å². The molecule has 0 bridgehead atoms. The van der Waals surface area contributed by atoms with Crippen molar-refractivity contribution in [2.75, 3.05) is 9.71 Å². The molecule has 8 aromatic carbocycles. The van der Waals surface area contributed by atoms with E-state index in [9.17, 15) is 0 Å². The van der Waals surface area contributed by atoms with Crippen molar-refractivity contribution < 1.29 is 0 Å². The monoisotopic (exact) mass is 1010 g/mol. The molecule has 2 atom stereocenters. The third-order valence-electron chi connectivity index (χ3n) is 20.5. The Kier molecular flexibility index (Phi) is 9.83. The predicted molar refractivity (Wildman–Crippen MR) is 330 cm³/mol. The fourth-order valence-electron chi connectivity index (χ4n) is 16.0. The normalized spacial score (nSPS) is 20.9. The van der Waals surface area contributed by atoms with Gasteiger partial charge in [0.2, 0.25) is 0 Å². The van der Waals surface area contributed by atoms with Gasteiger partial charge < -0.3 is 14.3 Å². The topological polar surface area (TPSA) is 11.4 Å². The summed E-state index contributed by atoms with van der Waals surface area (Å²) in [6, 6.07) is 54.2. The molecule has 2 unspecified atom stereocenters. The minimum Gasteiger partial charge on any atom is -0.376 e. The molecule has 0 spiro atoms. The number of anilines is 4. The third kappa shape index (κ3) is 6.24. The molecule has 5 heteroatoms. The van der Waals surface area contributed by atoms with Gasteiger partial charge in [-0.25, -0.2) is 0 Å². The maximum absolute atomic E-state index is 2.89. The molecule has 3 nitrogen and oxygen atoms in total. The van der Waals surface area contributed by atoms with Gasteiger partial charge in [-0.2, -0.15) is 0 Å². The zero-order chi connectivity index (χ0) is 52.0. The van der Waals surface area contributed by atoms with Crippen molar-refractivity contribution in [1.82, 2.24) is 4.57 Å². The molecule has 10 aromatic rings. The minimum atomic E-state index is -0.123. The molecule has 1 saturated carbocycles. The van der Waals surface area contributed by atoms with Gasteiger partial charge in [0.1, 0.15) is 0 Å². The van der Waals surface area contributed by atoms with Crippen LogP contribution in [0.5, 0.6) is 0 Å². The van der Waals surface area contributed by atoms with E-state index in [1.807, 2.05) is 11.3 Å². The van der Waals surface area contributed by atoms with Crippen molar-refractivity contribution in [3.05, 3.63) is 161 Å². The number of fused-ring (bicyclic) bond motifs is 17. The number of unbranched alkanes of at least 4 members (excludes halogenated alkanes) is 2. The summed E-state index contributed by atoms with van der Waals surface area (Å²) in [4.78, 5) is 5.69. The lowest BCUT2D eigenvalue weighted by Crippen LogP contribution is -2.61. The lowest BCUT2D eigenvalue weighted by Gasteiger charge is -2.51. The Morgan fingerprint density at radius 2 is 1.29 bits per heavy atom. The highest BCUT2D eigenvalue weighted by atomic mass is 32.1. The Morgan fingerprint density at radius 3 is 2.08 bits per heavy atom. The Hall–Kier alpha value is -6.30. The first kappa shape index (κ1) is 47.0. The second-order valence-corrected chi connectivity index (χ2v) is 27.9. The standard InChI is InChI=1S/C71H72BN3S/c1-11-12-13-20-43-25-32-58-56(37-43)72-64-52(40-60(63-48-31-26-44-21-14-15-22-47(44)65(48)73(58)66(63)64)74-57-24-17-16-23-53(57)70(9)33-18-19-34-71(70,74)10)49-38-50-51-39-54-55(69(7,8)36-35-68(54,5)6)41-61(51)76-62(50)42-59(49)75(72)46-29-27-45(28-30-46)67(2,3)4/h14-17,21-32,37-42H,11-13,18-20,33-36H2,1-10H3. The van der Waals surface area contributed by atoms with E-state index >= 15 is 0 Å². The van der Waals surface area contributed by atoms with Crippen LogP contribution in [0.15, 0.2) is 133 Å². The smallest absolute Gasteiger partial charge is 0.333 e. The summed E-state index contributed by atoms with van der Waals surface area (Å²) in [5.41, 5.74) is 22.4. The van der Waals surface area contributed by atoms with Crippen LogP contribution in [0.25, 0.3) is 69.6 Å². The molecule has 380 valence electrons. The zero-order valence-electron chi connectivity index (χ0n) is 46.6. The van der Waals surface area contributed by atoms with Gasteiger partial charge in [0.05, 0.1) is 22.3 Å². The fourth-order valence-corrected chi connectivity index (χ4v) is 17.1. The lowest BCUT2D eigenvalue weighted by molar-refractivity contribution is 0.195. The summed E-state index contributed by atoms with van der Waals surface area (Å²) in [6.45, 7) is 24.4. The number of hydrogen-bond acceptors (Lipinski definition) is 3. The van der Waals surface area contributed by atoms with Gasteiger partial charge in [-0.05, 0) is 166 Å². The van der Waals surface area contributed by atoms with Crippen LogP contribution >= 0.6 is 11.3 Å². The summed E-state index contributed by atoms with van der Waals surface area (Å²) < 4.78 is 5.55. The number of benzene rings is 8. The number of nitrogens with zero attached hydrogens (tertiary/aromatic N) is 3. The fraction of sp³-hybridized carbons (Fsp3) is 0.352. The second kappa shape index (κ2) is 15.9. The predicted octanol–water partition coefficient (Wildman–Crippen LogP) is 18.7. The third-order valence-corrected chi connectivity index (χ3v) is 21.7. The average Bonchev–Trinajstić information content (AvgIpc) is 4.17. The quantitative estimate of drug-likeness (QED) is 0.121. The van der Waals surface area contributed by atoms with Crippen LogP contribution in [0.3, 0.4) is 0 Å². The van der Waals surface area contributed by atoms with E-state index in [4.69, 9.17) is 0 Å². The summed E-state index contributed by atoms with van der Waals surface area (Å²) in [5.74, 6) is 0. The molecular weight excluding hydrogens is 938 g/mol. The van der Waals surface area contributed by atoms with E-state index in [0.717, 1.165) is 12.8 Å². The molecule has 2 aromatic heterocycles. The SMILES string of the molecule is CCCCCc1ccc2c(c1)B1c3c(cc(N4c5ccccc5C5(C)CCCCC45C)c4c5ccc6ccccc6c5n-2c34)-c2cc3c(cc2N1c1ccc(C(C)(C)C)cc1)sc1cc2c(cc13)C(C)(C)CCC2(C)C. The Labute approximate surface area is 455 Å². The van der Waals surface area contributed by atoms with Gasteiger partial charge in [-0.3, -0.25) is 0 Å². The minimum absolute atomic E-state index is 0.00662. The first-order valence-corrected chi connectivity index (χ1v) is 29.8. The van der Waals surface area contributed by atoms with Crippen LogP contribution < -0.4 is 20.6 Å². The van der Waals surface area contributed by atoms with Crippen molar-refractivity contribution in [1.29, 1.82) is 0 Å². The largest absolute Gasteiger partial charge is 0.376 e. The van der Waals surface area contributed by atoms with Crippen LogP contribution in [-0.2, 0) is 28.1 Å². The van der Waals surface area contributed by atoms with Crippen molar-refractivity contribution in [2.24, 2.45) is 0 Å². The summed E-state index contributed by atoms with van der Waals surface area (Å²) in [6.07, 6.45) is 12.0. The molecule has 0 amide bonds. The van der Waals surface area contributed by atoms with Crippen LogP contribution in [0.2, 0.25) is 0 Å². The van der Waals surface area contributed by atoms with Crippen LogP contribution in [-0.4, -0.2) is 17.0 Å². The van der Waals surface area contributed by atoms with Crippen molar-refractivity contribution in [3.63, 3.8) is 0 Å². The van der Waals surface area contributed by atoms with Gasteiger partial charge in [-0.1, -0.05) is 167 Å². The zero-order valence-corrected chi connectivity index (χ0v) is 47.4. The number of aryl methyl sites for hydroxylation is 1. The number of rotatable bonds is 6. The molecule has 76 heavy (non-hydrogen) atoms. The van der Waals surface area contributed by atoms with E-state index in [1.54, 1.807) is 0 Å². The number of para-hydroxylation sites is 1. The lowest BCUT2D eigenvalue weighted by atomic mass is 9.43. The molecule has 5 aliphatic rings. The number of hydrogen-bond donors (Lipinski definition) is 0. The Bertz CT molecular complexity index is 4120. The number of thiophene rings is 1. The highest BCUT2D eigenvalue weighted by molar-refractivity contribution is 7.26. The van der Waals surface area contributed by atoms with E-state index in [-0.39, 0.29) is 34.0 Å². The van der Waals surface area contributed by atoms with Gasteiger partial charge in [-0.15, -0.1) is 11.3 Å². The van der Waals surface area contributed by atoms with Crippen LogP contribution in [0.4, 0.5) is 22.7 Å². The van der Waals surface area contributed by atoms with E-state index in [2.05, 4.69) is 217 Å². The molecule has 0 radical (unpaired) electrons. The van der Waals surface area contributed by atoms with Crippen molar-refractivity contribution in [3.8, 4) is 16.8 Å². The second-order valence-electron chi connectivity index (χ2n) is 26.8. The van der Waals surface area contributed by atoms with E-state index in [1.165, 1.54) is 182 Å². The molecule has 0 N–H and O–H groups in total. The van der Waals surface area contributed by atoms with Gasteiger partial charge in [0, 0.05) is 70.1 Å². The highest BCUT2D eigenvalue weighted by Gasteiger charge is 2.58. The molecule has 15 rings (SSSR count). The van der Waals surface area contributed by atoms with E-state index < -0.39 is 0 Å². The molecule has 0 saturated heterocycles. The van der Waals surface area contributed by atoms with Crippen molar-refractivity contribution in [2.45, 2.75) is 161 Å². The van der Waals surface area contributed by atoms with Gasteiger partial charge >= 0.3 is 6.85 Å².